The molecule has 1 atom stereocenters. The highest BCUT2D eigenvalue weighted by Gasteiger charge is 2.18. The Morgan fingerprint density at radius 2 is 2.43 bits per heavy atom. The first-order valence-corrected chi connectivity index (χ1v) is 5.78. The number of hydrogen-bond acceptors (Lipinski definition) is 3. The maximum atomic E-state index is 9.92. The Bertz CT molecular complexity index is 346. The van der Waals surface area contributed by atoms with E-state index < -0.39 is 6.10 Å². The molecule has 0 spiro atoms. The van der Waals surface area contributed by atoms with Gasteiger partial charge in [0, 0.05) is 10.3 Å². The molecule has 1 N–H and O–H groups in total. The molecule has 1 aliphatic heterocycles. The number of ether oxygens (including phenoxy) is 1. The lowest BCUT2D eigenvalue weighted by Crippen LogP contribution is -2.08. The zero-order chi connectivity index (χ0) is 9.97. The highest BCUT2D eigenvalue weighted by Crippen LogP contribution is 2.31. The van der Waals surface area contributed by atoms with Crippen molar-refractivity contribution in [3.05, 3.63) is 33.2 Å². The van der Waals surface area contributed by atoms with Crippen LogP contribution in [0, 0.1) is 0 Å². The largest absolute Gasteiger partial charge is 0.495 e. The van der Waals surface area contributed by atoms with Crippen molar-refractivity contribution >= 4 is 22.9 Å². The summed E-state index contributed by atoms with van der Waals surface area (Å²) in [7, 11) is 0. The summed E-state index contributed by atoms with van der Waals surface area (Å²) in [5.74, 6) is 0.662. The fourth-order valence-corrected chi connectivity index (χ4v) is 2.45. The first-order valence-electron chi connectivity index (χ1n) is 4.52. The number of halogens is 1. The van der Waals surface area contributed by atoms with Crippen LogP contribution in [0.4, 0.5) is 0 Å². The molecule has 0 aliphatic carbocycles. The average molecular weight is 231 g/mol. The number of aliphatic hydroxyl groups is 1. The Kier molecular flexibility index (Phi) is 3.11. The van der Waals surface area contributed by atoms with Gasteiger partial charge in [0.15, 0.2) is 0 Å². The summed E-state index contributed by atoms with van der Waals surface area (Å²) in [4.78, 5) is 0.836. The fraction of sp³-hybridized carbons (Fsp3) is 0.400. The lowest BCUT2D eigenvalue weighted by atomic mass is 10.1. The summed E-state index contributed by atoms with van der Waals surface area (Å²) in [5, 5.41) is 12.4. The fourth-order valence-electron chi connectivity index (χ4n) is 1.38. The van der Waals surface area contributed by atoms with E-state index in [2.05, 4.69) is 0 Å². The van der Waals surface area contributed by atoms with Gasteiger partial charge in [-0.1, -0.05) is 11.6 Å². The van der Waals surface area contributed by atoms with E-state index >= 15 is 0 Å². The third-order valence-corrected chi connectivity index (χ3v) is 3.42. The Morgan fingerprint density at radius 3 is 3.00 bits per heavy atom. The van der Waals surface area contributed by atoms with Gasteiger partial charge in [-0.05, 0) is 25.0 Å². The van der Waals surface area contributed by atoms with Gasteiger partial charge in [-0.25, -0.2) is 0 Å². The van der Waals surface area contributed by atoms with E-state index in [9.17, 15) is 5.11 Å². The monoisotopic (exact) mass is 230 g/mol. The van der Waals surface area contributed by atoms with E-state index in [1.165, 1.54) is 11.3 Å². The van der Waals surface area contributed by atoms with E-state index in [1.807, 2.05) is 11.5 Å². The molecular formula is C10H11ClO2S. The minimum absolute atomic E-state index is 0.646. The number of thiophene rings is 1. The highest BCUT2D eigenvalue weighted by molar-refractivity contribution is 7.10. The van der Waals surface area contributed by atoms with Crippen molar-refractivity contribution < 1.29 is 9.84 Å². The van der Waals surface area contributed by atoms with E-state index in [4.69, 9.17) is 16.3 Å². The van der Waals surface area contributed by atoms with Crippen LogP contribution >= 0.6 is 22.9 Å². The van der Waals surface area contributed by atoms with Gasteiger partial charge in [-0.3, -0.25) is 0 Å². The summed E-state index contributed by atoms with van der Waals surface area (Å²) in [5.41, 5.74) is 0. The Hall–Kier alpha value is -0.510. The van der Waals surface area contributed by atoms with Gasteiger partial charge < -0.3 is 9.84 Å². The van der Waals surface area contributed by atoms with Crippen LogP contribution in [0.5, 0.6) is 0 Å². The van der Waals surface area contributed by atoms with Crippen LogP contribution in [-0.2, 0) is 4.74 Å². The van der Waals surface area contributed by atoms with Crippen LogP contribution in [0.1, 0.15) is 23.8 Å². The van der Waals surface area contributed by atoms with E-state index in [0.29, 0.717) is 17.4 Å². The third kappa shape index (κ3) is 2.11. The zero-order valence-electron chi connectivity index (χ0n) is 7.57. The van der Waals surface area contributed by atoms with Crippen molar-refractivity contribution in [2.45, 2.75) is 18.9 Å². The molecular weight excluding hydrogens is 220 g/mol. The summed E-state index contributed by atoms with van der Waals surface area (Å²) in [6.07, 6.45) is 3.31. The summed E-state index contributed by atoms with van der Waals surface area (Å²) < 4.78 is 5.38. The minimum Gasteiger partial charge on any atom is -0.495 e. The molecule has 1 unspecified atom stereocenters. The molecule has 0 radical (unpaired) electrons. The molecule has 2 nitrogen and oxygen atoms in total. The molecule has 0 bridgehead atoms. The third-order valence-electron chi connectivity index (χ3n) is 2.09. The van der Waals surface area contributed by atoms with Gasteiger partial charge >= 0.3 is 0 Å². The molecule has 1 aliphatic rings. The molecule has 0 saturated carbocycles. The molecule has 2 heterocycles. The number of hydrogen-bond donors (Lipinski definition) is 1. The van der Waals surface area contributed by atoms with Crippen LogP contribution < -0.4 is 0 Å². The highest BCUT2D eigenvalue weighted by atomic mass is 35.5. The first kappa shape index (κ1) is 10.0. The van der Waals surface area contributed by atoms with Crippen molar-refractivity contribution in [3.8, 4) is 0 Å². The maximum absolute atomic E-state index is 9.92. The molecule has 0 aromatic carbocycles. The van der Waals surface area contributed by atoms with Gasteiger partial charge in [0.25, 0.3) is 0 Å². The smallest absolute Gasteiger partial charge is 0.145 e. The van der Waals surface area contributed by atoms with Crippen molar-refractivity contribution in [1.29, 1.82) is 0 Å². The Morgan fingerprint density at radius 1 is 1.57 bits per heavy atom. The van der Waals surface area contributed by atoms with Crippen molar-refractivity contribution in [2.24, 2.45) is 0 Å². The van der Waals surface area contributed by atoms with E-state index in [0.717, 1.165) is 17.7 Å². The molecule has 14 heavy (non-hydrogen) atoms. The van der Waals surface area contributed by atoms with Gasteiger partial charge in [0.2, 0.25) is 0 Å². The Labute approximate surface area is 91.8 Å². The summed E-state index contributed by atoms with van der Waals surface area (Å²) in [6, 6.07) is 1.77. The topological polar surface area (TPSA) is 29.5 Å². The molecule has 0 saturated heterocycles. The molecule has 1 aromatic rings. The van der Waals surface area contributed by atoms with Gasteiger partial charge in [-0.15, -0.1) is 11.3 Å². The van der Waals surface area contributed by atoms with Crippen molar-refractivity contribution in [3.63, 3.8) is 0 Å². The first-order chi connectivity index (χ1) is 6.77. The molecule has 2 rings (SSSR count). The van der Waals surface area contributed by atoms with Crippen molar-refractivity contribution in [2.75, 3.05) is 6.61 Å². The second-order valence-corrected chi connectivity index (χ2v) is 4.55. The molecule has 4 heteroatoms. The normalized spacial score (nSPS) is 18.6. The molecule has 76 valence electrons. The molecule has 0 fully saturated rings. The van der Waals surface area contributed by atoms with Crippen molar-refractivity contribution in [1.82, 2.24) is 0 Å². The predicted molar refractivity (Wildman–Crippen MR) is 57.6 cm³/mol. The number of rotatable bonds is 2. The van der Waals surface area contributed by atoms with E-state index in [1.54, 1.807) is 6.07 Å². The van der Waals surface area contributed by atoms with Crippen LogP contribution in [0.3, 0.4) is 0 Å². The SMILES string of the molecule is OC(C1=CCCCO1)c1cc(Cl)cs1. The van der Waals surface area contributed by atoms with E-state index in [-0.39, 0.29) is 0 Å². The lowest BCUT2D eigenvalue weighted by molar-refractivity contribution is 0.0937. The predicted octanol–water partition coefficient (Wildman–Crippen LogP) is 3.13. The second-order valence-electron chi connectivity index (χ2n) is 3.17. The molecule has 0 amide bonds. The van der Waals surface area contributed by atoms with Crippen LogP contribution in [0.15, 0.2) is 23.3 Å². The number of allylic oxidation sites excluding steroid dienone is 1. The minimum atomic E-state index is -0.646. The second kappa shape index (κ2) is 4.34. The van der Waals surface area contributed by atoms with Gasteiger partial charge in [-0.2, -0.15) is 0 Å². The zero-order valence-corrected chi connectivity index (χ0v) is 9.14. The quantitative estimate of drug-likeness (QED) is 0.846. The summed E-state index contributed by atoms with van der Waals surface area (Å²) in [6.45, 7) is 0.696. The van der Waals surface area contributed by atoms with Gasteiger partial charge in [0.05, 0.1) is 11.6 Å². The maximum Gasteiger partial charge on any atom is 0.145 e. The van der Waals surface area contributed by atoms with Crippen LogP contribution in [-0.4, -0.2) is 11.7 Å². The molecule has 1 aromatic heterocycles. The standard InChI is InChI=1S/C10H11ClO2S/c11-7-5-9(14-6-7)10(12)8-3-1-2-4-13-8/h3,5-6,10,12H,1-2,4H2. The summed E-state index contributed by atoms with van der Waals surface area (Å²) >= 11 is 7.23. The van der Waals surface area contributed by atoms with Gasteiger partial charge in [0.1, 0.15) is 11.9 Å². The Balaban J connectivity index is 2.14. The average Bonchev–Trinajstić information content (AvgIpc) is 2.65. The van der Waals surface area contributed by atoms with Crippen LogP contribution in [0.25, 0.3) is 0 Å². The number of aliphatic hydroxyl groups excluding tert-OH is 1. The van der Waals surface area contributed by atoms with Crippen LogP contribution in [0.2, 0.25) is 5.02 Å². The lowest BCUT2D eigenvalue weighted by Gasteiger charge is -2.18.